The van der Waals surface area contributed by atoms with Crippen LogP contribution in [0, 0.1) is 0 Å². The summed E-state index contributed by atoms with van der Waals surface area (Å²) in [4.78, 5) is 56.0. The highest BCUT2D eigenvalue weighted by atomic mass is 16.5. The number of hydrogen-bond acceptors (Lipinski definition) is 10. The van der Waals surface area contributed by atoms with Crippen LogP contribution in [0.4, 0.5) is 0 Å². The zero-order chi connectivity index (χ0) is 51.4. The van der Waals surface area contributed by atoms with Gasteiger partial charge in [0, 0.05) is 26.2 Å². The van der Waals surface area contributed by atoms with Gasteiger partial charge in [0.05, 0.1) is 38.1 Å². The van der Waals surface area contributed by atoms with Crippen LogP contribution in [0.5, 0.6) is 0 Å². The summed E-state index contributed by atoms with van der Waals surface area (Å²) in [6.45, 7) is 7.56. The normalized spacial score (nSPS) is 12.5. The van der Waals surface area contributed by atoms with Gasteiger partial charge in [-0.3, -0.25) is 19.2 Å². The fourth-order valence-corrected chi connectivity index (χ4v) is 8.67. The number of allylic oxidation sites excluding steroid dienone is 4. The standard InChI is InChI=1S/C58H112N6O6/c1-3-5-7-9-11-13-15-17-19-21-23-25-27-29-31-39-51-69-55(65)43-49-63(57(67)53(61)41-33-35-45-59)47-37-38-48-64(58(68)54(62)42-34-36-46-60)50-44-56(66)70-52-40-32-30-28-26-24-22-20-18-16-14-12-10-8-6-4-2/h17-20,53-54H,3-16,21-52,59-62H2,1-2H3/t53-,54-/m1/s1. The van der Waals surface area contributed by atoms with E-state index < -0.39 is 12.1 Å². The Morgan fingerprint density at radius 3 is 1.00 bits per heavy atom. The molecular weight excluding hydrogens is 877 g/mol. The Bertz CT molecular complexity index is 1170. The highest BCUT2D eigenvalue weighted by molar-refractivity contribution is 5.83. The Hall–Kier alpha value is -2.80. The van der Waals surface area contributed by atoms with Gasteiger partial charge in [-0.15, -0.1) is 0 Å². The van der Waals surface area contributed by atoms with Gasteiger partial charge in [0.1, 0.15) is 0 Å². The van der Waals surface area contributed by atoms with E-state index in [1.807, 2.05) is 0 Å². The van der Waals surface area contributed by atoms with E-state index >= 15 is 0 Å². The zero-order valence-corrected chi connectivity index (χ0v) is 45.6. The van der Waals surface area contributed by atoms with Crippen LogP contribution < -0.4 is 22.9 Å². The topological polar surface area (TPSA) is 197 Å². The molecule has 0 bridgehead atoms. The molecule has 12 nitrogen and oxygen atoms in total. The molecule has 0 rings (SSSR count). The van der Waals surface area contributed by atoms with Crippen LogP contribution in [0.15, 0.2) is 24.3 Å². The first-order valence-electron chi connectivity index (χ1n) is 29.3. The molecule has 0 aliphatic heterocycles. The number of carbonyl (C=O) groups is 4. The lowest BCUT2D eigenvalue weighted by Crippen LogP contribution is -2.46. The first-order chi connectivity index (χ1) is 34.2. The molecule has 0 saturated heterocycles. The average Bonchev–Trinajstić information content (AvgIpc) is 3.36. The third kappa shape index (κ3) is 43.9. The molecule has 0 aromatic heterocycles. The number of unbranched alkanes of at least 4 members (excludes halogenated alkanes) is 27. The van der Waals surface area contributed by atoms with Crippen LogP contribution in [0.25, 0.3) is 0 Å². The number of amides is 2. The van der Waals surface area contributed by atoms with Gasteiger partial charge in [0.2, 0.25) is 11.8 Å². The van der Waals surface area contributed by atoms with Crippen molar-refractivity contribution < 1.29 is 28.7 Å². The monoisotopic (exact) mass is 989 g/mol. The molecule has 0 saturated carbocycles. The third-order valence-corrected chi connectivity index (χ3v) is 13.3. The average molecular weight is 990 g/mol. The van der Waals surface area contributed by atoms with E-state index in [4.69, 9.17) is 32.4 Å². The maximum Gasteiger partial charge on any atom is 0.307 e. The molecule has 2 atom stereocenters. The van der Waals surface area contributed by atoms with Gasteiger partial charge in [0.15, 0.2) is 0 Å². The van der Waals surface area contributed by atoms with E-state index in [1.54, 1.807) is 9.80 Å². The smallest absolute Gasteiger partial charge is 0.307 e. The Balaban J connectivity index is 4.77. The summed E-state index contributed by atoms with van der Waals surface area (Å²) in [7, 11) is 0. The minimum absolute atomic E-state index is 0.0925. The molecule has 0 aromatic rings. The summed E-state index contributed by atoms with van der Waals surface area (Å²) in [5.74, 6) is -1.03. The molecule has 70 heavy (non-hydrogen) atoms. The Labute approximate surface area is 430 Å². The quantitative estimate of drug-likeness (QED) is 0.0258. The number of nitrogens with two attached hydrogens (primary N) is 4. The molecule has 0 aromatic carbocycles. The second kappa shape index (κ2) is 52.5. The van der Waals surface area contributed by atoms with Gasteiger partial charge in [0.25, 0.3) is 0 Å². The molecule has 0 radical (unpaired) electrons. The summed E-state index contributed by atoms with van der Waals surface area (Å²) in [6, 6.07) is -1.37. The van der Waals surface area contributed by atoms with Gasteiger partial charge in [-0.1, -0.05) is 167 Å². The van der Waals surface area contributed by atoms with Gasteiger partial charge >= 0.3 is 11.9 Å². The van der Waals surface area contributed by atoms with E-state index in [1.165, 1.54) is 128 Å². The third-order valence-electron chi connectivity index (χ3n) is 13.3. The number of esters is 2. The molecule has 0 aliphatic rings. The van der Waals surface area contributed by atoms with Crippen LogP contribution in [0.3, 0.4) is 0 Å². The highest BCUT2D eigenvalue weighted by Gasteiger charge is 2.24. The molecule has 0 aliphatic carbocycles. The number of carbonyl (C=O) groups excluding carboxylic acids is 4. The molecule has 0 spiro atoms. The first-order valence-corrected chi connectivity index (χ1v) is 29.3. The molecule has 8 N–H and O–H groups in total. The molecule has 12 heteroatoms. The Kier molecular flexibility index (Phi) is 50.4. The van der Waals surface area contributed by atoms with Crippen molar-refractivity contribution in [3.63, 3.8) is 0 Å². The van der Waals surface area contributed by atoms with Crippen molar-refractivity contribution in [3.05, 3.63) is 24.3 Å². The number of hydrogen-bond donors (Lipinski definition) is 4. The second-order valence-corrected chi connectivity index (χ2v) is 20.0. The van der Waals surface area contributed by atoms with Crippen molar-refractivity contribution >= 4 is 23.8 Å². The lowest BCUT2D eigenvalue weighted by Gasteiger charge is -2.28. The number of ether oxygens (including phenoxy) is 2. The molecule has 0 unspecified atom stereocenters. The summed E-state index contributed by atoms with van der Waals surface area (Å²) >= 11 is 0. The fourth-order valence-electron chi connectivity index (χ4n) is 8.67. The molecule has 0 heterocycles. The lowest BCUT2D eigenvalue weighted by atomic mass is 10.1. The lowest BCUT2D eigenvalue weighted by molar-refractivity contribution is -0.146. The van der Waals surface area contributed by atoms with E-state index in [-0.39, 0.29) is 49.7 Å². The second-order valence-electron chi connectivity index (χ2n) is 20.0. The highest BCUT2D eigenvalue weighted by Crippen LogP contribution is 2.14. The Morgan fingerprint density at radius 1 is 0.386 bits per heavy atom. The maximum absolute atomic E-state index is 13.5. The predicted molar refractivity (Wildman–Crippen MR) is 294 cm³/mol. The molecular formula is C58H112N6O6. The molecule has 0 fully saturated rings. The van der Waals surface area contributed by atoms with E-state index in [0.29, 0.717) is 65.1 Å². The van der Waals surface area contributed by atoms with Gasteiger partial charge in [-0.2, -0.15) is 0 Å². The maximum atomic E-state index is 13.5. The predicted octanol–water partition coefficient (Wildman–Crippen LogP) is 12.3. The summed E-state index contributed by atoms with van der Waals surface area (Å²) in [5.41, 5.74) is 24.1. The fraction of sp³-hybridized carbons (Fsp3) is 0.862. The van der Waals surface area contributed by atoms with Crippen molar-refractivity contribution in [3.8, 4) is 0 Å². The minimum Gasteiger partial charge on any atom is -0.466 e. The van der Waals surface area contributed by atoms with Gasteiger partial charge in [-0.05, 0) is 116 Å². The Morgan fingerprint density at radius 2 is 0.686 bits per heavy atom. The zero-order valence-electron chi connectivity index (χ0n) is 45.6. The minimum atomic E-state index is -0.684. The van der Waals surface area contributed by atoms with Crippen molar-refractivity contribution in [2.45, 2.75) is 270 Å². The first kappa shape index (κ1) is 67.2. The van der Waals surface area contributed by atoms with Crippen molar-refractivity contribution in [2.75, 3.05) is 52.5 Å². The van der Waals surface area contributed by atoms with Gasteiger partial charge in [-0.25, -0.2) is 0 Å². The van der Waals surface area contributed by atoms with E-state index in [0.717, 1.165) is 77.0 Å². The molecule has 410 valence electrons. The summed E-state index contributed by atoms with van der Waals surface area (Å²) in [5, 5.41) is 0. The van der Waals surface area contributed by atoms with Crippen molar-refractivity contribution in [2.24, 2.45) is 22.9 Å². The number of rotatable bonds is 53. The van der Waals surface area contributed by atoms with Gasteiger partial charge < -0.3 is 42.2 Å². The largest absolute Gasteiger partial charge is 0.466 e. The van der Waals surface area contributed by atoms with Crippen LogP contribution >= 0.6 is 0 Å². The van der Waals surface area contributed by atoms with Crippen LogP contribution in [-0.2, 0) is 28.7 Å². The van der Waals surface area contributed by atoms with Crippen LogP contribution in [0.1, 0.15) is 258 Å². The van der Waals surface area contributed by atoms with E-state index in [2.05, 4.69) is 38.2 Å². The summed E-state index contributed by atoms with van der Waals surface area (Å²) < 4.78 is 11.1. The summed E-state index contributed by atoms with van der Waals surface area (Å²) in [6.07, 6.45) is 49.0. The van der Waals surface area contributed by atoms with Crippen LogP contribution in [0.2, 0.25) is 0 Å². The van der Waals surface area contributed by atoms with Crippen molar-refractivity contribution in [1.82, 2.24) is 9.80 Å². The van der Waals surface area contributed by atoms with Crippen LogP contribution in [-0.4, -0.2) is 98.1 Å². The molecule has 2 amide bonds. The number of nitrogens with zero attached hydrogens (tertiary/aromatic N) is 2. The van der Waals surface area contributed by atoms with Crippen molar-refractivity contribution in [1.29, 1.82) is 0 Å². The SMILES string of the molecule is CCCCCCCCC=CCCCCCCCCOC(=O)CCN(CCCCN(CCC(=O)OCCCCCCCCC=CCCCCCCCC)C(=O)[C@H](N)CCCCN)C(=O)[C@H](N)CCCCN. The van der Waals surface area contributed by atoms with E-state index in [9.17, 15) is 19.2 Å².